The van der Waals surface area contributed by atoms with E-state index >= 15 is 0 Å². The van der Waals surface area contributed by atoms with Crippen LogP contribution in [0.15, 0.2) is 48.5 Å². The molecule has 126 valence electrons. The van der Waals surface area contributed by atoms with Crippen LogP contribution >= 0.6 is 0 Å². The molecule has 0 saturated carbocycles. The first kappa shape index (κ1) is 17.5. The standard InChI is InChI=1S/C19H21NO4/c1-14-8-9-17(15(2)10-14)23-13-18(21)20-11-19(22)24-12-16-6-4-3-5-7-16/h3-10H,11-13H2,1-2H3,(H,20,21). The maximum atomic E-state index is 11.7. The summed E-state index contributed by atoms with van der Waals surface area (Å²) in [6.07, 6.45) is 0. The van der Waals surface area contributed by atoms with Gasteiger partial charge in [0.1, 0.15) is 18.9 Å². The largest absolute Gasteiger partial charge is 0.484 e. The van der Waals surface area contributed by atoms with Crippen molar-refractivity contribution in [3.05, 3.63) is 65.2 Å². The molecule has 0 fully saturated rings. The summed E-state index contributed by atoms with van der Waals surface area (Å²) in [5, 5.41) is 2.48. The second-order valence-corrected chi connectivity index (χ2v) is 5.48. The van der Waals surface area contributed by atoms with Crippen molar-refractivity contribution in [3.63, 3.8) is 0 Å². The van der Waals surface area contributed by atoms with E-state index in [9.17, 15) is 9.59 Å². The zero-order valence-electron chi connectivity index (χ0n) is 13.9. The maximum absolute atomic E-state index is 11.7. The predicted octanol–water partition coefficient (Wildman–Crippen LogP) is 2.54. The summed E-state index contributed by atoms with van der Waals surface area (Å²) in [5.41, 5.74) is 2.99. The molecule has 0 aromatic heterocycles. The van der Waals surface area contributed by atoms with E-state index in [0.29, 0.717) is 5.75 Å². The van der Waals surface area contributed by atoms with Crippen molar-refractivity contribution in [3.8, 4) is 5.75 Å². The van der Waals surface area contributed by atoms with Crippen molar-refractivity contribution in [1.82, 2.24) is 5.32 Å². The molecular formula is C19H21NO4. The maximum Gasteiger partial charge on any atom is 0.325 e. The summed E-state index contributed by atoms with van der Waals surface area (Å²) in [6, 6.07) is 15.1. The Balaban J connectivity index is 1.68. The Hall–Kier alpha value is -2.82. The van der Waals surface area contributed by atoms with E-state index in [2.05, 4.69) is 5.32 Å². The Morgan fingerprint density at radius 2 is 1.79 bits per heavy atom. The van der Waals surface area contributed by atoms with E-state index in [-0.39, 0.29) is 25.7 Å². The van der Waals surface area contributed by atoms with Crippen molar-refractivity contribution in [1.29, 1.82) is 0 Å². The molecule has 1 N–H and O–H groups in total. The van der Waals surface area contributed by atoms with Crippen LogP contribution < -0.4 is 10.1 Å². The summed E-state index contributed by atoms with van der Waals surface area (Å²) in [5.74, 6) is -0.201. The highest BCUT2D eigenvalue weighted by molar-refractivity contribution is 5.82. The molecule has 0 atom stereocenters. The summed E-state index contributed by atoms with van der Waals surface area (Å²) < 4.78 is 10.5. The Labute approximate surface area is 141 Å². The number of carbonyl (C=O) groups is 2. The molecule has 0 heterocycles. The summed E-state index contributed by atoms with van der Waals surface area (Å²) in [6.45, 7) is 3.78. The van der Waals surface area contributed by atoms with Crippen LogP contribution in [0.2, 0.25) is 0 Å². The van der Waals surface area contributed by atoms with Gasteiger partial charge in [-0.05, 0) is 31.0 Å². The van der Waals surface area contributed by atoms with Gasteiger partial charge in [-0.2, -0.15) is 0 Å². The molecule has 0 saturated heterocycles. The second kappa shape index (κ2) is 8.72. The Morgan fingerprint density at radius 3 is 2.50 bits per heavy atom. The van der Waals surface area contributed by atoms with Gasteiger partial charge in [-0.15, -0.1) is 0 Å². The average molecular weight is 327 g/mol. The van der Waals surface area contributed by atoms with E-state index in [1.54, 1.807) is 0 Å². The first-order chi connectivity index (χ1) is 11.5. The molecule has 5 nitrogen and oxygen atoms in total. The normalized spacial score (nSPS) is 10.1. The molecule has 0 aliphatic heterocycles. The van der Waals surface area contributed by atoms with Gasteiger partial charge in [0.15, 0.2) is 6.61 Å². The van der Waals surface area contributed by atoms with E-state index in [1.165, 1.54) is 0 Å². The Kier molecular flexibility index (Phi) is 6.37. The fraction of sp³-hybridized carbons (Fsp3) is 0.263. The quantitative estimate of drug-likeness (QED) is 0.794. The van der Waals surface area contributed by atoms with Crippen molar-refractivity contribution >= 4 is 11.9 Å². The van der Waals surface area contributed by atoms with Crippen molar-refractivity contribution < 1.29 is 19.1 Å². The van der Waals surface area contributed by atoms with Crippen LogP contribution in [-0.4, -0.2) is 25.0 Å². The van der Waals surface area contributed by atoms with E-state index in [0.717, 1.165) is 16.7 Å². The van der Waals surface area contributed by atoms with Crippen LogP contribution in [0.25, 0.3) is 0 Å². The van der Waals surface area contributed by atoms with Crippen LogP contribution in [0.3, 0.4) is 0 Å². The van der Waals surface area contributed by atoms with Gasteiger partial charge in [0.2, 0.25) is 0 Å². The molecular weight excluding hydrogens is 306 g/mol. The average Bonchev–Trinajstić information content (AvgIpc) is 2.58. The molecule has 0 spiro atoms. The van der Waals surface area contributed by atoms with Crippen molar-refractivity contribution in [2.45, 2.75) is 20.5 Å². The summed E-state index contributed by atoms with van der Waals surface area (Å²) in [7, 11) is 0. The van der Waals surface area contributed by atoms with Gasteiger partial charge in [0.25, 0.3) is 5.91 Å². The van der Waals surface area contributed by atoms with Crippen LogP contribution in [-0.2, 0) is 20.9 Å². The lowest BCUT2D eigenvalue weighted by molar-refractivity contribution is -0.145. The van der Waals surface area contributed by atoms with Gasteiger partial charge in [-0.1, -0.05) is 48.0 Å². The van der Waals surface area contributed by atoms with Crippen LogP contribution in [0, 0.1) is 13.8 Å². The first-order valence-electron chi connectivity index (χ1n) is 7.71. The lowest BCUT2D eigenvalue weighted by atomic mass is 10.1. The molecule has 2 rings (SSSR count). The highest BCUT2D eigenvalue weighted by atomic mass is 16.5. The summed E-state index contributed by atoms with van der Waals surface area (Å²) in [4.78, 5) is 23.3. The molecule has 1 amide bonds. The number of hydrogen-bond acceptors (Lipinski definition) is 4. The number of hydrogen-bond donors (Lipinski definition) is 1. The van der Waals surface area contributed by atoms with Crippen LogP contribution in [0.1, 0.15) is 16.7 Å². The van der Waals surface area contributed by atoms with Gasteiger partial charge in [0.05, 0.1) is 0 Å². The molecule has 0 bridgehead atoms. The second-order valence-electron chi connectivity index (χ2n) is 5.48. The predicted molar refractivity (Wildman–Crippen MR) is 90.7 cm³/mol. The topological polar surface area (TPSA) is 64.6 Å². The summed E-state index contributed by atoms with van der Waals surface area (Å²) >= 11 is 0. The highest BCUT2D eigenvalue weighted by Gasteiger charge is 2.08. The monoisotopic (exact) mass is 327 g/mol. The molecule has 2 aromatic carbocycles. The number of benzene rings is 2. The third-order valence-corrected chi connectivity index (χ3v) is 3.36. The van der Waals surface area contributed by atoms with Gasteiger partial charge >= 0.3 is 5.97 Å². The van der Waals surface area contributed by atoms with E-state index in [4.69, 9.17) is 9.47 Å². The van der Waals surface area contributed by atoms with Gasteiger partial charge < -0.3 is 14.8 Å². The zero-order valence-corrected chi connectivity index (χ0v) is 13.9. The molecule has 5 heteroatoms. The number of amides is 1. The van der Waals surface area contributed by atoms with Gasteiger partial charge in [0, 0.05) is 0 Å². The van der Waals surface area contributed by atoms with E-state index < -0.39 is 5.97 Å². The number of rotatable bonds is 7. The molecule has 0 aliphatic carbocycles. The van der Waals surface area contributed by atoms with Gasteiger partial charge in [-0.25, -0.2) is 0 Å². The number of ether oxygens (including phenoxy) is 2. The lowest BCUT2D eigenvalue weighted by Crippen LogP contribution is -2.34. The smallest absolute Gasteiger partial charge is 0.325 e. The number of nitrogens with one attached hydrogen (secondary N) is 1. The van der Waals surface area contributed by atoms with E-state index in [1.807, 2.05) is 62.4 Å². The molecule has 24 heavy (non-hydrogen) atoms. The fourth-order valence-corrected chi connectivity index (χ4v) is 2.12. The van der Waals surface area contributed by atoms with Crippen LogP contribution in [0.4, 0.5) is 0 Å². The highest BCUT2D eigenvalue weighted by Crippen LogP contribution is 2.18. The third kappa shape index (κ3) is 5.76. The van der Waals surface area contributed by atoms with Crippen molar-refractivity contribution in [2.24, 2.45) is 0 Å². The lowest BCUT2D eigenvalue weighted by Gasteiger charge is -2.10. The number of esters is 1. The van der Waals surface area contributed by atoms with Crippen molar-refractivity contribution in [2.75, 3.05) is 13.2 Å². The minimum Gasteiger partial charge on any atom is -0.484 e. The molecule has 0 radical (unpaired) electrons. The zero-order chi connectivity index (χ0) is 17.4. The SMILES string of the molecule is Cc1ccc(OCC(=O)NCC(=O)OCc2ccccc2)c(C)c1. The Bertz CT molecular complexity index is 698. The van der Waals surface area contributed by atoms with Crippen LogP contribution in [0.5, 0.6) is 5.75 Å². The third-order valence-electron chi connectivity index (χ3n) is 3.36. The Morgan fingerprint density at radius 1 is 1.04 bits per heavy atom. The molecule has 0 unspecified atom stereocenters. The number of carbonyl (C=O) groups excluding carboxylic acids is 2. The fourth-order valence-electron chi connectivity index (χ4n) is 2.12. The first-order valence-corrected chi connectivity index (χ1v) is 7.71. The molecule has 0 aliphatic rings. The molecule has 2 aromatic rings. The minimum absolute atomic E-state index is 0.143. The number of aryl methyl sites for hydroxylation is 2. The minimum atomic E-state index is -0.487. The van der Waals surface area contributed by atoms with Gasteiger partial charge in [-0.3, -0.25) is 9.59 Å².